The summed E-state index contributed by atoms with van der Waals surface area (Å²) in [7, 11) is 0. The number of nitrogens with one attached hydrogen (secondary N) is 2. The van der Waals surface area contributed by atoms with Crippen LogP contribution in [0.25, 0.3) is 0 Å². The minimum atomic E-state index is -0.223. The molecule has 0 radical (unpaired) electrons. The van der Waals surface area contributed by atoms with Crippen LogP contribution in [0, 0.1) is 11.2 Å². The molecule has 0 aliphatic carbocycles. The van der Waals surface area contributed by atoms with Gasteiger partial charge in [0.25, 0.3) is 0 Å². The molecule has 0 bridgehead atoms. The van der Waals surface area contributed by atoms with Crippen LogP contribution < -0.4 is 10.6 Å². The highest BCUT2D eigenvalue weighted by Gasteiger charge is 2.38. The third-order valence-corrected chi connectivity index (χ3v) is 4.36. The summed E-state index contributed by atoms with van der Waals surface area (Å²) in [6.45, 7) is 4.53. The number of hydrogen-bond acceptors (Lipinski definition) is 2. The Balaban J connectivity index is 1.87. The lowest BCUT2D eigenvalue weighted by Crippen LogP contribution is -2.48. The third-order valence-electron chi connectivity index (χ3n) is 4.36. The molecular formula is C17H25FN2O. The summed E-state index contributed by atoms with van der Waals surface area (Å²) in [5.74, 6) is -0.0538. The first-order chi connectivity index (χ1) is 10.2. The van der Waals surface area contributed by atoms with Crippen LogP contribution in [0.4, 0.5) is 4.39 Å². The molecule has 116 valence electrons. The predicted molar refractivity (Wildman–Crippen MR) is 82.6 cm³/mol. The number of piperidine rings is 1. The summed E-state index contributed by atoms with van der Waals surface area (Å²) in [5.41, 5.74) is 0.715. The van der Waals surface area contributed by atoms with Crippen molar-refractivity contribution < 1.29 is 9.18 Å². The number of amides is 1. The maximum Gasteiger partial charge on any atom is 0.226 e. The van der Waals surface area contributed by atoms with Crippen LogP contribution in [0.15, 0.2) is 24.3 Å². The van der Waals surface area contributed by atoms with E-state index in [4.69, 9.17) is 0 Å². The van der Waals surface area contributed by atoms with E-state index in [1.54, 1.807) is 6.07 Å². The van der Waals surface area contributed by atoms with Gasteiger partial charge >= 0.3 is 0 Å². The van der Waals surface area contributed by atoms with E-state index in [2.05, 4.69) is 17.6 Å². The normalized spacial score (nSPS) is 17.4. The standard InChI is InChI=1S/C17H25FN2O/c1-2-7-17(8-11-19-12-9-17)16(21)20-10-6-14-4-3-5-15(18)13-14/h3-5,13,19H,2,6-12H2,1H3,(H,20,21). The van der Waals surface area contributed by atoms with Gasteiger partial charge in [-0.25, -0.2) is 4.39 Å². The zero-order chi connectivity index (χ0) is 15.1. The molecule has 21 heavy (non-hydrogen) atoms. The Kier molecular flexibility index (Phi) is 5.74. The predicted octanol–water partition coefficient (Wildman–Crippen LogP) is 2.65. The second-order valence-corrected chi connectivity index (χ2v) is 5.92. The summed E-state index contributed by atoms with van der Waals surface area (Å²) < 4.78 is 13.1. The van der Waals surface area contributed by atoms with E-state index >= 15 is 0 Å². The average molecular weight is 292 g/mol. The van der Waals surface area contributed by atoms with Gasteiger partial charge in [0.05, 0.1) is 5.41 Å². The smallest absolute Gasteiger partial charge is 0.226 e. The van der Waals surface area contributed by atoms with Gasteiger partial charge < -0.3 is 10.6 Å². The first kappa shape index (κ1) is 16.0. The van der Waals surface area contributed by atoms with Crippen molar-refractivity contribution in [3.8, 4) is 0 Å². The van der Waals surface area contributed by atoms with Gasteiger partial charge in [0.1, 0.15) is 5.82 Å². The van der Waals surface area contributed by atoms with Gasteiger partial charge in [-0.2, -0.15) is 0 Å². The minimum Gasteiger partial charge on any atom is -0.355 e. The van der Waals surface area contributed by atoms with E-state index in [0.717, 1.165) is 44.3 Å². The quantitative estimate of drug-likeness (QED) is 0.846. The van der Waals surface area contributed by atoms with E-state index < -0.39 is 0 Å². The largest absolute Gasteiger partial charge is 0.355 e. The molecule has 1 fully saturated rings. The first-order valence-corrected chi connectivity index (χ1v) is 7.90. The van der Waals surface area contributed by atoms with Crippen LogP contribution in [-0.4, -0.2) is 25.5 Å². The molecule has 1 aliphatic rings. The van der Waals surface area contributed by atoms with Crippen molar-refractivity contribution in [2.24, 2.45) is 5.41 Å². The molecule has 1 aromatic carbocycles. The Hall–Kier alpha value is -1.42. The molecule has 1 saturated heterocycles. The summed E-state index contributed by atoms with van der Waals surface area (Å²) in [6, 6.07) is 6.56. The van der Waals surface area contributed by atoms with Gasteiger partial charge in [0.2, 0.25) is 5.91 Å². The summed E-state index contributed by atoms with van der Waals surface area (Å²) in [4.78, 5) is 12.6. The highest BCUT2D eigenvalue weighted by molar-refractivity contribution is 5.82. The Morgan fingerprint density at radius 2 is 2.14 bits per heavy atom. The lowest BCUT2D eigenvalue weighted by Gasteiger charge is -2.36. The molecule has 0 unspecified atom stereocenters. The zero-order valence-electron chi connectivity index (χ0n) is 12.8. The number of hydrogen-bond donors (Lipinski definition) is 2. The summed E-state index contributed by atoms with van der Waals surface area (Å²) in [6.07, 6.45) is 4.46. The van der Waals surface area contributed by atoms with Crippen LogP contribution in [-0.2, 0) is 11.2 Å². The number of rotatable bonds is 6. The highest BCUT2D eigenvalue weighted by Crippen LogP contribution is 2.34. The number of halogens is 1. The zero-order valence-corrected chi connectivity index (χ0v) is 12.8. The lowest BCUT2D eigenvalue weighted by atomic mass is 9.74. The molecule has 4 heteroatoms. The molecule has 1 amide bonds. The van der Waals surface area contributed by atoms with E-state index in [1.807, 2.05) is 6.07 Å². The van der Waals surface area contributed by atoms with Crippen molar-refractivity contribution in [3.63, 3.8) is 0 Å². The third kappa shape index (κ3) is 4.27. The molecule has 1 heterocycles. The van der Waals surface area contributed by atoms with E-state index in [-0.39, 0.29) is 17.1 Å². The summed E-state index contributed by atoms with van der Waals surface area (Å²) in [5, 5.41) is 6.38. The molecule has 1 aromatic rings. The van der Waals surface area contributed by atoms with Crippen LogP contribution in [0.5, 0.6) is 0 Å². The van der Waals surface area contributed by atoms with Crippen molar-refractivity contribution in [2.75, 3.05) is 19.6 Å². The van der Waals surface area contributed by atoms with Gasteiger partial charge in [-0.1, -0.05) is 25.5 Å². The minimum absolute atomic E-state index is 0.169. The summed E-state index contributed by atoms with van der Waals surface area (Å²) >= 11 is 0. The first-order valence-electron chi connectivity index (χ1n) is 7.90. The van der Waals surface area contributed by atoms with Gasteiger partial charge in [0, 0.05) is 6.54 Å². The molecule has 2 N–H and O–H groups in total. The van der Waals surface area contributed by atoms with Crippen molar-refractivity contribution in [1.29, 1.82) is 0 Å². The van der Waals surface area contributed by atoms with Crippen LogP contribution in [0.1, 0.15) is 38.2 Å². The fourth-order valence-corrected chi connectivity index (χ4v) is 3.17. The number of carbonyl (C=O) groups excluding carboxylic acids is 1. The molecule has 0 atom stereocenters. The van der Waals surface area contributed by atoms with Gasteiger partial charge in [-0.3, -0.25) is 4.79 Å². The Morgan fingerprint density at radius 3 is 2.81 bits per heavy atom. The Bertz CT molecular complexity index is 464. The topological polar surface area (TPSA) is 41.1 Å². The van der Waals surface area contributed by atoms with Crippen molar-refractivity contribution in [3.05, 3.63) is 35.6 Å². The van der Waals surface area contributed by atoms with Crippen LogP contribution in [0.3, 0.4) is 0 Å². The second kappa shape index (κ2) is 7.55. The van der Waals surface area contributed by atoms with Gasteiger partial charge in [-0.15, -0.1) is 0 Å². The van der Waals surface area contributed by atoms with Crippen molar-refractivity contribution >= 4 is 5.91 Å². The number of benzene rings is 1. The molecule has 0 spiro atoms. The van der Waals surface area contributed by atoms with Crippen molar-refractivity contribution in [2.45, 2.75) is 39.0 Å². The molecule has 0 saturated carbocycles. The molecular weight excluding hydrogens is 267 g/mol. The maximum atomic E-state index is 13.1. The molecule has 3 nitrogen and oxygen atoms in total. The van der Waals surface area contributed by atoms with Gasteiger partial charge in [-0.05, 0) is 56.5 Å². The average Bonchev–Trinajstić information content (AvgIpc) is 2.48. The van der Waals surface area contributed by atoms with E-state index in [1.165, 1.54) is 12.1 Å². The maximum absolute atomic E-state index is 13.1. The Morgan fingerprint density at radius 1 is 1.38 bits per heavy atom. The second-order valence-electron chi connectivity index (χ2n) is 5.92. The monoisotopic (exact) mass is 292 g/mol. The SMILES string of the molecule is CCCC1(C(=O)NCCc2cccc(F)c2)CCNCC1. The van der Waals surface area contributed by atoms with Crippen LogP contribution in [0.2, 0.25) is 0 Å². The fraction of sp³-hybridized carbons (Fsp3) is 0.588. The highest BCUT2D eigenvalue weighted by atomic mass is 19.1. The molecule has 1 aliphatic heterocycles. The van der Waals surface area contributed by atoms with E-state index in [0.29, 0.717) is 13.0 Å². The fourth-order valence-electron chi connectivity index (χ4n) is 3.17. The lowest BCUT2D eigenvalue weighted by molar-refractivity contribution is -0.133. The molecule has 2 rings (SSSR count). The number of carbonyl (C=O) groups is 1. The Labute approximate surface area is 126 Å². The molecule has 0 aromatic heterocycles. The van der Waals surface area contributed by atoms with E-state index in [9.17, 15) is 9.18 Å². The van der Waals surface area contributed by atoms with Gasteiger partial charge in [0.15, 0.2) is 0 Å². The van der Waals surface area contributed by atoms with Crippen molar-refractivity contribution in [1.82, 2.24) is 10.6 Å². The van der Waals surface area contributed by atoms with Crippen LogP contribution >= 0.6 is 0 Å².